The number of rotatable bonds is 3. The Kier molecular flexibility index (Phi) is 3.72. The summed E-state index contributed by atoms with van der Waals surface area (Å²) < 4.78 is 46.1. The van der Waals surface area contributed by atoms with Crippen LogP contribution in [0.5, 0.6) is 5.75 Å². The Labute approximate surface area is 114 Å². The lowest BCUT2D eigenvalue weighted by atomic mass is 9.87. The highest BCUT2D eigenvalue weighted by atomic mass is 19.2. The molecule has 2 rings (SSSR count). The Hall–Kier alpha value is -2.01. The lowest BCUT2D eigenvalue weighted by Gasteiger charge is -2.26. The van der Waals surface area contributed by atoms with Crippen LogP contribution >= 0.6 is 0 Å². The molecule has 0 bridgehead atoms. The Morgan fingerprint density at radius 1 is 0.950 bits per heavy atom. The minimum absolute atomic E-state index is 0.0837. The van der Waals surface area contributed by atoms with Crippen molar-refractivity contribution in [1.29, 1.82) is 0 Å². The maximum atomic E-state index is 14.2. The quantitative estimate of drug-likeness (QED) is 0.935. The van der Waals surface area contributed by atoms with Gasteiger partial charge in [0.2, 0.25) is 0 Å². The first-order chi connectivity index (χ1) is 9.39. The molecule has 5 heteroatoms. The molecule has 1 N–H and O–H groups in total. The third-order valence-electron chi connectivity index (χ3n) is 3.18. The second-order valence-corrected chi connectivity index (χ2v) is 4.50. The SMILES string of the molecule is COc1cccc(C(C)(O)c2cccc(F)c2F)c1F. The molecule has 0 saturated heterocycles. The largest absolute Gasteiger partial charge is 0.494 e. The Morgan fingerprint density at radius 3 is 2.10 bits per heavy atom. The smallest absolute Gasteiger partial charge is 0.171 e. The molecule has 0 spiro atoms. The van der Waals surface area contributed by atoms with Crippen LogP contribution in [0, 0.1) is 17.5 Å². The molecule has 2 nitrogen and oxygen atoms in total. The molecule has 0 saturated carbocycles. The highest BCUT2D eigenvalue weighted by molar-refractivity contribution is 5.41. The van der Waals surface area contributed by atoms with Gasteiger partial charge in [0.1, 0.15) is 5.60 Å². The summed E-state index contributed by atoms with van der Waals surface area (Å²) in [6, 6.07) is 7.51. The topological polar surface area (TPSA) is 29.5 Å². The van der Waals surface area contributed by atoms with Gasteiger partial charge in [-0.1, -0.05) is 24.3 Å². The molecule has 20 heavy (non-hydrogen) atoms. The number of methoxy groups -OCH3 is 1. The summed E-state index contributed by atoms with van der Waals surface area (Å²) in [6.45, 7) is 1.20. The minimum atomic E-state index is -2.02. The van der Waals surface area contributed by atoms with Gasteiger partial charge in [-0.25, -0.2) is 13.2 Å². The van der Waals surface area contributed by atoms with Gasteiger partial charge in [-0.3, -0.25) is 0 Å². The second-order valence-electron chi connectivity index (χ2n) is 4.50. The standard InChI is InChI=1S/C15H13F3O2/c1-15(19,9-5-3-7-11(16)13(9)17)10-6-4-8-12(20-2)14(10)18/h3-8,19H,1-2H3. The molecule has 2 aromatic rings. The van der Waals surface area contributed by atoms with Crippen molar-refractivity contribution in [1.82, 2.24) is 0 Å². The first kappa shape index (κ1) is 14.4. The van der Waals surface area contributed by atoms with E-state index >= 15 is 0 Å². The van der Waals surface area contributed by atoms with Crippen LogP contribution in [0.25, 0.3) is 0 Å². The van der Waals surface area contributed by atoms with Crippen molar-refractivity contribution in [2.45, 2.75) is 12.5 Å². The fourth-order valence-corrected chi connectivity index (χ4v) is 2.07. The summed E-state index contributed by atoms with van der Waals surface area (Å²) in [5.74, 6) is -3.21. The first-order valence-corrected chi connectivity index (χ1v) is 5.89. The van der Waals surface area contributed by atoms with E-state index in [-0.39, 0.29) is 16.9 Å². The van der Waals surface area contributed by atoms with Crippen molar-refractivity contribution in [2.24, 2.45) is 0 Å². The fraction of sp³-hybridized carbons (Fsp3) is 0.200. The van der Waals surface area contributed by atoms with Crippen molar-refractivity contribution < 1.29 is 23.0 Å². The van der Waals surface area contributed by atoms with Gasteiger partial charge in [0.15, 0.2) is 23.2 Å². The van der Waals surface area contributed by atoms with E-state index in [1.54, 1.807) is 0 Å². The van der Waals surface area contributed by atoms with Crippen molar-refractivity contribution in [3.8, 4) is 5.75 Å². The molecule has 0 heterocycles. The molecule has 0 aromatic heterocycles. The van der Waals surface area contributed by atoms with Gasteiger partial charge in [0.25, 0.3) is 0 Å². The summed E-state index contributed by atoms with van der Waals surface area (Å²) in [6.07, 6.45) is 0. The second kappa shape index (κ2) is 5.17. The van der Waals surface area contributed by atoms with Gasteiger partial charge >= 0.3 is 0 Å². The van der Waals surface area contributed by atoms with Gasteiger partial charge in [0, 0.05) is 11.1 Å². The van der Waals surface area contributed by atoms with Crippen LogP contribution in [-0.4, -0.2) is 12.2 Å². The van der Waals surface area contributed by atoms with Crippen molar-refractivity contribution in [2.75, 3.05) is 7.11 Å². The molecule has 0 fully saturated rings. The van der Waals surface area contributed by atoms with Gasteiger partial charge in [-0.2, -0.15) is 0 Å². The summed E-state index contributed by atoms with van der Waals surface area (Å²) in [7, 11) is 1.28. The summed E-state index contributed by atoms with van der Waals surface area (Å²) >= 11 is 0. The van der Waals surface area contributed by atoms with E-state index in [1.807, 2.05) is 0 Å². The van der Waals surface area contributed by atoms with Crippen LogP contribution < -0.4 is 4.74 Å². The maximum absolute atomic E-state index is 14.2. The Balaban J connectivity index is 2.63. The van der Waals surface area contributed by atoms with Gasteiger partial charge < -0.3 is 9.84 Å². The normalized spacial score (nSPS) is 13.9. The summed E-state index contributed by atoms with van der Waals surface area (Å²) in [5, 5.41) is 10.5. The van der Waals surface area contributed by atoms with E-state index in [0.29, 0.717) is 0 Å². The molecule has 0 aliphatic carbocycles. The van der Waals surface area contributed by atoms with E-state index in [0.717, 1.165) is 6.07 Å². The van der Waals surface area contributed by atoms with Crippen LogP contribution in [0.15, 0.2) is 36.4 Å². The predicted molar refractivity (Wildman–Crippen MR) is 68.0 cm³/mol. The fourth-order valence-electron chi connectivity index (χ4n) is 2.07. The molecule has 0 aliphatic heterocycles. The Bertz CT molecular complexity index is 639. The molecule has 106 valence electrons. The highest BCUT2D eigenvalue weighted by Crippen LogP contribution is 2.35. The van der Waals surface area contributed by atoms with E-state index < -0.39 is 23.1 Å². The van der Waals surface area contributed by atoms with E-state index in [1.165, 1.54) is 44.4 Å². The van der Waals surface area contributed by atoms with Gasteiger partial charge in [0.05, 0.1) is 7.11 Å². The average molecular weight is 282 g/mol. The first-order valence-electron chi connectivity index (χ1n) is 5.89. The third kappa shape index (κ3) is 2.25. The van der Waals surface area contributed by atoms with Crippen LogP contribution in [0.3, 0.4) is 0 Å². The average Bonchev–Trinajstić information content (AvgIpc) is 2.41. The van der Waals surface area contributed by atoms with E-state index in [2.05, 4.69) is 0 Å². The molecular formula is C15H13F3O2. The summed E-state index contributed by atoms with van der Waals surface area (Å²) in [4.78, 5) is 0. The zero-order valence-corrected chi connectivity index (χ0v) is 11.0. The highest BCUT2D eigenvalue weighted by Gasteiger charge is 2.33. The van der Waals surface area contributed by atoms with Crippen molar-refractivity contribution >= 4 is 0 Å². The maximum Gasteiger partial charge on any atom is 0.171 e. The van der Waals surface area contributed by atoms with E-state index in [4.69, 9.17) is 4.74 Å². The molecule has 1 atom stereocenters. The van der Waals surface area contributed by atoms with E-state index in [9.17, 15) is 18.3 Å². The lowest BCUT2D eigenvalue weighted by molar-refractivity contribution is 0.0922. The zero-order valence-electron chi connectivity index (χ0n) is 11.0. The number of ether oxygens (including phenoxy) is 1. The van der Waals surface area contributed by atoms with Crippen LogP contribution in [0.1, 0.15) is 18.1 Å². The molecule has 0 amide bonds. The molecule has 0 aliphatic rings. The van der Waals surface area contributed by atoms with Gasteiger partial charge in [-0.15, -0.1) is 0 Å². The molecule has 0 radical (unpaired) electrons. The third-order valence-corrected chi connectivity index (χ3v) is 3.18. The molecular weight excluding hydrogens is 269 g/mol. The number of aliphatic hydroxyl groups is 1. The Morgan fingerprint density at radius 2 is 1.50 bits per heavy atom. The number of hydrogen-bond donors (Lipinski definition) is 1. The number of halogens is 3. The van der Waals surface area contributed by atoms with Crippen LogP contribution in [0.2, 0.25) is 0 Å². The zero-order chi connectivity index (χ0) is 14.9. The van der Waals surface area contributed by atoms with Crippen molar-refractivity contribution in [3.63, 3.8) is 0 Å². The monoisotopic (exact) mass is 282 g/mol. The van der Waals surface area contributed by atoms with Crippen LogP contribution in [0.4, 0.5) is 13.2 Å². The minimum Gasteiger partial charge on any atom is -0.494 e. The molecule has 1 unspecified atom stereocenters. The van der Waals surface area contributed by atoms with Gasteiger partial charge in [-0.05, 0) is 19.1 Å². The predicted octanol–water partition coefficient (Wildman–Crippen LogP) is 3.37. The number of benzene rings is 2. The van der Waals surface area contributed by atoms with Crippen LogP contribution in [-0.2, 0) is 5.60 Å². The number of hydrogen-bond acceptors (Lipinski definition) is 2. The van der Waals surface area contributed by atoms with Crippen molar-refractivity contribution in [3.05, 3.63) is 65.0 Å². The summed E-state index contributed by atoms with van der Waals surface area (Å²) in [5.41, 5.74) is -2.56. The molecule has 2 aromatic carbocycles. The lowest BCUT2D eigenvalue weighted by Crippen LogP contribution is -2.26.